The van der Waals surface area contributed by atoms with Crippen LogP contribution in [0, 0.1) is 123 Å². The SMILES string of the molecule is C[C@@]1(O)CC[C@H]2[C@H](CC[C@@H]3[C@@H]2CC[C@@]2(C)[C@H]3[C@H](C3CC3)C[C@@H]2C(=O)CBr)C1.O=CO[O-].[C-]#[N+]c1cc(C#N)n(CC(=O)[C@H]2C[C@@H](C3CC3)[C@H]3[C@@H]4CC[C@@H]5C[C@](C)(O)CC[C@@H]5[C@H]4CC[C@@]32C)n1.[H-].[K+].[K+]. The maximum atomic E-state index is 13.8. The molecule has 2 N–H and O–H groups in total. The number of fused-ring (bicyclic) bond motifs is 10. The zero-order valence-corrected chi connectivity index (χ0v) is 49.9. The summed E-state index contributed by atoms with van der Waals surface area (Å²) in [5.41, 5.74) is -0.319. The molecule has 14 heteroatoms. The average Bonchev–Trinajstić information content (AvgIpc) is 4.23. The fourth-order valence-corrected chi connectivity index (χ4v) is 18.9. The summed E-state index contributed by atoms with van der Waals surface area (Å²) in [6, 6.07) is 3.59. The van der Waals surface area contributed by atoms with Crippen LogP contribution in [0.1, 0.15) is 163 Å². The van der Waals surface area contributed by atoms with Crippen molar-refractivity contribution in [3.05, 3.63) is 23.2 Å². The molecule has 0 saturated heterocycles. The molecular formula is C54H77BrK2N4O7. The number of hydrogen-bond donors (Lipinski definition) is 2. The molecule has 11 rings (SSSR count). The van der Waals surface area contributed by atoms with E-state index in [0.717, 1.165) is 104 Å². The predicted molar refractivity (Wildman–Crippen MR) is 251 cm³/mol. The minimum Gasteiger partial charge on any atom is -1.00 e. The summed E-state index contributed by atoms with van der Waals surface area (Å²) in [6.45, 7) is 16.2. The summed E-state index contributed by atoms with van der Waals surface area (Å²) in [6.07, 6.45) is 24.1. The van der Waals surface area contributed by atoms with E-state index in [9.17, 15) is 25.1 Å². The Morgan fingerprint density at radius 2 is 1.19 bits per heavy atom. The summed E-state index contributed by atoms with van der Waals surface area (Å²) < 4.78 is 1.46. The molecule has 10 fully saturated rings. The van der Waals surface area contributed by atoms with E-state index in [2.05, 4.69) is 57.6 Å². The molecule has 1 aromatic rings. The van der Waals surface area contributed by atoms with Crippen LogP contribution in [0.2, 0.25) is 0 Å². The van der Waals surface area contributed by atoms with Crippen molar-refractivity contribution in [1.29, 1.82) is 5.26 Å². The normalized spacial score (nSPS) is 44.9. The van der Waals surface area contributed by atoms with Crippen LogP contribution in [0.25, 0.3) is 4.85 Å². The quantitative estimate of drug-likeness (QED) is 0.0986. The van der Waals surface area contributed by atoms with E-state index >= 15 is 0 Å². The molecule has 1 heterocycles. The van der Waals surface area contributed by atoms with E-state index < -0.39 is 11.2 Å². The second-order valence-electron chi connectivity index (χ2n) is 24.9. The van der Waals surface area contributed by atoms with E-state index in [4.69, 9.17) is 16.6 Å². The van der Waals surface area contributed by atoms with Gasteiger partial charge in [0.1, 0.15) is 24.1 Å². The van der Waals surface area contributed by atoms with Gasteiger partial charge in [-0.25, -0.2) is 0 Å². The Bertz CT molecular complexity index is 2090. The van der Waals surface area contributed by atoms with Crippen LogP contribution in [-0.2, 0) is 25.8 Å². The molecule has 0 amide bonds. The Morgan fingerprint density at radius 1 is 0.765 bits per heavy atom. The molecule has 364 valence electrons. The molecule has 0 bridgehead atoms. The Labute approximate surface area is 501 Å². The number of ketones is 2. The van der Waals surface area contributed by atoms with Gasteiger partial charge >= 0.3 is 103 Å². The van der Waals surface area contributed by atoms with Crippen molar-refractivity contribution >= 4 is 39.8 Å². The van der Waals surface area contributed by atoms with Crippen molar-refractivity contribution in [2.45, 2.75) is 174 Å². The van der Waals surface area contributed by atoms with Gasteiger partial charge in [0.25, 0.3) is 12.3 Å². The van der Waals surface area contributed by atoms with Crippen molar-refractivity contribution in [3.63, 3.8) is 0 Å². The molecule has 0 spiro atoms. The first-order valence-electron chi connectivity index (χ1n) is 26.1. The molecule has 0 radical (unpaired) electrons. The fraction of sp³-hybridized carbons (Fsp3) is 0.852. The molecule has 0 unspecified atom stereocenters. The van der Waals surface area contributed by atoms with Crippen molar-refractivity contribution in [2.75, 3.05) is 5.33 Å². The Kier molecular flexibility index (Phi) is 18.6. The number of Topliss-reactive ketones (excluding diaryl/α,β-unsaturated/α-hetero) is 2. The van der Waals surface area contributed by atoms with Crippen molar-refractivity contribution in [3.8, 4) is 6.07 Å². The largest absolute Gasteiger partial charge is 1.00 e. The molecule has 10 aliphatic rings. The second-order valence-corrected chi connectivity index (χ2v) is 25.4. The van der Waals surface area contributed by atoms with E-state index in [1.807, 2.05) is 6.92 Å². The van der Waals surface area contributed by atoms with Gasteiger partial charge in [0.2, 0.25) is 0 Å². The second kappa shape index (κ2) is 22.5. The minimum absolute atomic E-state index is 0. The van der Waals surface area contributed by atoms with Gasteiger partial charge in [-0.3, -0.25) is 14.4 Å². The van der Waals surface area contributed by atoms with Crippen LogP contribution in [0.3, 0.4) is 0 Å². The maximum absolute atomic E-state index is 13.8. The summed E-state index contributed by atoms with van der Waals surface area (Å²) in [4.78, 5) is 41.3. The number of hydrogen-bond acceptors (Lipinski definition) is 9. The fourth-order valence-electron chi connectivity index (χ4n) is 18.6. The molecule has 68 heavy (non-hydrogen) atoms. The number of rotatable bonds is 8. The van der Waals surface area contributed by atoms with Crippen molar-refractivity contribution in [1.82, 2.24) is 9.78 Å². The molecule has 0 aromatic carbocycles. The van der Waals surface area contributed by atoms with Gasteiger partial charge in [0.05, 0.1) is 16.5 Å². The number of aromatic nitrogens is 2. The van der Waals surface area contributed by atoms with Crippen LogP contribution in [0.4, 0.5) is 5.82 Å². The van der Waals surface area contributed by atoms with Gasteiger partial charge in [0.15, 0.2) is 5.78 Å². The third-order valence-corrected chi connectivity index (χ3v) is 21.9. The van der Waals surface area contributed by atoms with Gasteiger partial charge in [-0.05, 0) is 241 Å². The Balaban J connectivity index is 0.000000207. The number of carbonyl (C=O) groups is 3. The van der Waals surface area contributed by atoms with Gasteiger partial charge in [-0.15, -0.1) is 0 Å². The first-order chi connectivity index (χ1) is 31.5. The molecular weight excluding hydrogens is 975 g/mol. The van der Waals surface area contributed by atoms with Crippen molar-refractivity contribution < 1.29 is 139 Å². The smallest absolute Gasteiger partial charge is 1.00 e. The zero-order chi connectivity index (χ0) is 46.9. The summed E-state index contributed by atoms with van der Waals surface area (Å²) in [7, 11) is 0. The maximum Gasteiger partial charge on any atom is 1.00 e. The van der Waals surface area contributed by atoms with E-state index in [1.54, 1.807) is 0 Å². The first-order valence-corrected chi connectivity index (χ1v) is 27.3. The van der Waals surface area contributed by atoms with Gasteiger partial charge < -0.3 is 26.6 Å². The number of alkyl halides is 1. The Hall–Kier alpha value is 0.633. The summed E-state index contributed by atoms with van der Waals surface area (Å²) in [5.74, 6) is 12.0. The summed E-state index contributed by atoms with van der Waals surface area (Å²) in [5, 5.41) is 44.0. The molecule has 1 aromatic heterocycles. The molecule has 10 aliphatic carbocycles. The number of nitriles is 1. The zero-order valence-electron chi connectivity index (χ0n) is 43.1. The van der Waals surface area contributed by atoms with E-state index in [1.165, 1.54) is 101 Å². The van der Waals surface area contributed by atoms with Gasteiger partial charge in [0, 0.05) is 17.9 Å². The van der Waals surface area contributed by atoms with Gasteiger partial charge in [-0.1, -0.05) is 36.3 Å². The van der Waals surface area contributed by atoms with E-state index in [-0.39, 0.29) is 146 Å². The number of carbonyl (C=O) groups excluding carboxylic acids is 3. The third-order valence-electron chi connectivity index (χ3n) is 21.3. The van der Waals surface area contributed by atoms with Crippen molar-refractivity contribution in [2.24, 2.45) is 106 Å². The average molecular weight is 1050 g/mol. The number of nitrogens with zero attached hydrogens (tertiary/aromatic N) is 4. The van der Waals surface area contributed by atoms with Crippen LogP contribution in [-0.4, -0.2) is 54.6 Å². The van der Waals surface area contributed by atoms with Crippen LogP contribution in [0.15, 0.2) is 6.07 Å². The van der Waals surface area contributed by atoms with Gasteiger partial charge in [-0.2, -0.15) is 9.94 Å². The molecule has 11 nitrogen and oxygen atoms in total. The summed E-state index contributed by atoms with van der Waals surface area (Å²) >= 11 is 3.49. The topological polar surface area (TPSA) is 170 Å². The number of halogens is 1. The van der Waals surface area contributed by atoms with Crippen LogP contribution >= 0.6 is 15.9 Å². The molecule has 0 aliphatic heterocycles. The predicted octanol–water partition coefficient (Wildman–Crippen LogP) is 3.69. The third kappa shape index (κ3) is 11.0. The monoisotopic (exact) mass is 1050 g/mol. The first kappa shape index (κ1) is 56.4. The van der Waals surface area contributed by atoms with Crippen LogP contribution in [0.5, 0.6) is 0 Å². The minimum atomic E-state index is -0.486. The standard InChI is InChI=1S/C29H38N4O2.C24H37BrO2.CH2O3.2K.H/c1-28(35)10-8-20-18(14-28)6-7-22-21(20)9-11-29(2)24(13-23(27(22)29)17-4-5-17)25(34)16-33-19(15-30)12-26(31-3)32-33;1-23(27)9-7-16-15(12-23)5-6-18-17(16)8-10-24(2)20(21(26)13-25)11-19(22(18)24)14-3-4-14;2-1-4-3;;;/h12,17-18,20-24,27,35H,4-11,13-14,16H2,1-2H3;14-20,22,27H,3-13H2,1-2H3;1,3H;;;/q;;;2*+1;-1/p-1/t18-,20+,21-,22-,23+,24-,27-,28-,29-;15-,16+,17-,18-,19+,20-,22-,23-,24-;;;;/m11..../s1. The number of aliphatic hydroxyl groups is 2. The van der Waals surface area contributed by atoms with Crippen LogP contribution < -0.4 is 108 Å². The Morgan fingerprint density at radius 3 is 1.59 bits per heavy atom. The van der Waals surface area contributed by atoms with E-state index in [0.29, 0.717) is 40.5 Å². The molecule has 10 saturated carbocycles. The molecule has 18 atom stereocenters.